The van der Waals surface area contributed by atoms with Crippen LogP contribution < -0.4 is 10.1 Å². The number of amides is 2. The van der Waals surface area contributed by atoms with Gasteiger partial charge in [-0.15, -0.1) is 0 Å². The molecule has 1 fully saturated rings. The lowest BCUT2D eigenvalue weighted by Gasteiger charge is -2.09. The van der Waals surface area contributed by atoms with E-state index >= 15 is 0 Å². The van der Waals surface area contributed by atoms with E-state index in [4.69, 9.17) is 4.74 Å². The molecule has 0 saturated carbocycles. The van der Waals surface area contributed by atoms with Crippen LogP contribution in [-0.4, -0.2) is 30.9 Å². The van der Waals surface area contributed by atoms with Gasteiger partial charge in [0, 0.05) is 13.2 Å². The average Bonchev–Trinajstić information content (AvgIpc) is 3.13. The molecule has 1 saturated heterocycles. The van der Waals surface area contributed by atoms with Crippen LogP contribution in [-0.2, 0) is 24.9 Å². The molecule has 132 valence electrons. The summed E-state index contributed by atoms with van der Waals surface area (Å²) >= 11 is 1.04. The number of imidazole rings is 1. The molecular weight excluding hydrogens is 352 g/mol. The molecule has 0 bridgehead atoms. The van der Waals surface area contributed by atoms with Crippen LogP contribution in [0.2, 0.25) is 0 Å². The number of hydrogen-bond acceptors (Lipinski definition) is 6. The van der Waals surface area contributed by atoms with E-state index in [1.54, 1.807) is 12.4 Å². The maximum atomic E-state index is 11.6. The van der Waals surface area contributed by atoms with Crippen molar-refractivity contribution in [3.63, 3.8) is 0 Å². The second-order valence-electron chi connectivity index (χ2n) is 5.97. The Labute approximate surface area is 153 Å². The van der Waals surface area contributed by atoms with Gasteiger partial charge < -0.3 is 9.30 Å². The van der Waals surface area contributed by atoms with Gasteiger partial charge in [-0.3, -0.25) is 19.9 Å². The maximum Gasteiger partial charge on any atom is 0.286 e. The number of benzene rings is 1. The van der Waals surface area contributed by atoms with Gasteiger partial charge in [0.2, 0.25) is 5.91 Å². The molecule has 1 aliphatic heterocycles. The zero-order chi connectivity index (χ0) is 18.1. The van der Waals surface area contributed by atoms with Crippen LogP contribution in [0.4, 0.5) is 4.79 Å². The van der Waals surface area contributed by atoms with E-state index in [0.717, 1.165) is 39.9 Å². The monoisotopic (exact) mass is 368 g/mol. The molecule has 26 heavy (non-hydrogen) atoms. The number of imide groups is 1. The summed E-state index contributed by atoms with van der Waals surface area (Å²) in [6, 6.07) is 9.41. The third-order valence-electron chi connectivity index (χ3n) is 4.26. The van der Waals surface area contributed by atoms with Gasteiger partial charge in [-0.2, -0.15) is 0 Å². The zero-order valence-corrected chi connectivity index (χ0v) is 14.8. The van der Waals surface area contributed by atoms with Gasteiger partial charge in [0.05, 0.1) is 22.5 Å². The molecule has 1 aromatic carbocycles. The molecule has 1 aliphatic rings. The van der Waals surface area contributed by atoms with Gasteiger partial charge in [0.25, 0.3) is 5.24 Å². The number of rotatable bonds is 5. The number of nitrogens with zero attached hydrogens (tertiary/aromatic N) is 3. The number of fused-ring (bicyclic) bond motifs is 1. The number of carbonyl (C=O) groups excluding carboxylic acids is 2. The molecule has 3 aromatic rings. The SMILES string of the molecule is Cn1c(COc2ccc(CC3SC(=O)NC3=O)cc2)nc2ccncc21. The summed E-state index contributed by atoms with van der Waals surface area (Å²) in [4.78, 5) is 31.5. The highest BCUT2D eigenvalue weighted by atomic mass is 32.2. The van der Waals surface area contributed by atoms with Crippen LogP contribution in [0.25, 0.3) is 11.0 Å². The number of aryl methyl sites for hydroxylation is 1. The summed E-state index contributed by atoms with van der Waals surface area (Å²) in [5.74, 6) is 1.31. The van der Waals surface area contributed by atoms with Crippen molar-refractivity contribution in [3.8, 4) is 5.75 Å². The fourth-order valence-electron chi connectivity index (χ4n) is 2.83. The number of ether oxygens (including phenoxy) is 1. The average molecular weight is 368 g/mol. The summed E-state index contributed by atoms with van der Waals surface area (Å²) in [5.41, 5.74) is 2.83. The van der Waals surface area contributed by atoms with Crippen LogP contribution in [0.3, 0.4) is 0 Å². The van der Waals surface area contributed by atoms with Gasteiger partial charge in [-0.1, -0.05) is 23.9 Å². The van der Waals surface area contributed by atoms with Gasteiger partial charge in [-0.25, -0.2) is 4.98 Å². The Balaban J connectivity index is 1.40. The fraction of sp³-hybridized carbons (Fsp3) is 0.222. The molecule has 4 rings (SSSR count). The standard InChI is InChI=1S/C18H16N4O3S/c1-22-14-9-19-7-6-13(14)20-16(22)10-25-12-4-2-11(3-5-12)8-15-17(23)21-18(24)26-15/h2-7,9,15H,8,10H2,1H3,(H,21,23,24). The lowest BCUT2D eigenvalue weighted by molar-refractivity contribution is -0.118. The van der Waals surface area contributed by atoms with Crippen molar-refractivity contribution in [2.24, 2.45) is 7.05 Å². The second kappa shape index (κ2) is 6.80. The molecule has 0 aliphatic carbocycles. The Morgan fingerprint density at radius 3 is 2.73 bits per heavy atom. The number of carbonyl (C=O) groups is 2. The Kier molecular flexibility index (Phi) is 4.34. The van der Waals surface area contributed by atoms with Gasteiger partial charge >= 0.3 is 0 Å². The lowest BCUT2D eigenvalue weighted by atomic mass is 10.1. The molecule has 7 nitrogen and oxygen atoms in total. The van der Waals surface area contributed by atoms with E-state index in [2.05, 4.69) is 15.3 Å². The second-order valence-corrected chi connectivity index (χ2v) is 7.15. The molecule has 1 N–H and O–H groups in total. The highest BCUT2D eigenvalue weighted by molar-refractivity contribution is 8.15. The Morgan fingerprint density at radius 2 is 2.04 bits per heavy atom. The number of pyridine rings is 1. The summed E-state index contributed by atoms with van der Waals surface area (Å²) in [7, 11) is 1.93. The van der Waals surface area contributed by atoms with Crippen LogP contribution in [0.15, 0.2) is 42.7 Å². The molecule has 2 aromatic heterocycles. The van der Waals surface area contributed by atoms with Crippen molar-refractivity contribution >= 4 is 33.9 Å². The third kappa shape index (κ3) is 3.28. The van der Waals surface area contributed by atoms with Crippen molar-refractivity contribution in [2.45, 2.75) is 18.3 Å². The molecular formula is C18H16N4O3S. The van der Waals surface area contributed by atoms with Gasteiger partial charge in [0.1, 0.15) is 18.2 Å². The van der Waals surface area contributed by atoms with E-state index < -0.39 is 0 Å². The summed E-state index contributed by atoms with van der Waals surface area (Å²) in [5, 5.41) is 1.66. The van der Waals surface area contributed by atoms with Crippen LogP contribution in [0, 0.1) is 0 Å². The van der Waals surface area contributed by atoms with Crippen molar-refractivity contribution in [1.82, 2.24) is 19.9 Å². The normalized spacial score (nSPS) is 16.9. The zero-order valence-electron chi connectivity index (χ0n) is 14.0. The van der Waals surface area contributed by atoms with E-state index in [-0.39, 0.29) is 16.4 Å². The van der Waals surface area contributed by atoms with Crippen molar-refractivity contribution in [2.75, 3.05) is 0 Å². The molecule has 8 heteroatoms. The Morgan fingerprint density at radius 1 is 1.23 bits per heavy atom. The largest absolute Gasteiger partial charge is 0.486 e. The van der Waals surface area contributed by atoms with E-state index in [9.17, 15) is 9.59 Å². The van der Waals surface area contributed by atoms with Crippen LogP contribution in [0.5, 0.6) is 5.75 Å². The molecule has 2 amide bonds. The minimum atomic E-state index is -0.358. The van der Waals surface area contributed by atoms with Crippen LogP contribution >= 0.6 is 11.8 Å². The first-order valence-electron chi connectivity index (χ1n) is 8.08. The summed E-state index contributed by atoms with van der Waals surface area (Å²) in [6.45, 7) is 0.347. The predicted molar refractivity (Wildman–Crippen MR) is 97.9 cm³/mol. The first kappa shape index (κ1) is 16.6. The first-order chi connectivity index (χ1) is 12.6. The minimum Gasteiger partial charge on any atom is -0.486 e. The third-order valence-corrected chi connectivity index (χ3v) is 5.24. The first-order valence-corrected chi connectivity index (χ1v) is 8.96. The highest BCUT2D eigenvalue weighted by Crippen LogP contribution is 2.24. The molecule has 1 unspecified atom stereocenters. The molecule has 3 heterocycles. The van der Waals surface area contributed by atoms with E-state index in [0.29, 0.717) is 13.0 Å². The van der Waals surface area contributed by atoms with Crippen LogP contribution in [0.1, 0.15) is 11.4 Å². The Hall–Kier alpha value is -2.87. The Bertz CT molecular complexity index is 984. The van der Waals surface area contributed by atoms with Gasteiger partial charge in [0.15, 0.2) is 0 Å². The minimum absolute atomic E-state index is 0.225. The topological polar surface area (TPSA) is 86.1 Å². The quantitative estimate of drug-likeness (QED) is 0.744. The van der Waals surface area contributed by atoms with Crippen molar-refractivity contribution in [1.29, 1.82) is 0 Å². The molecule has 0 radical (unpaired) electrons. The van der Waals surface area contributed by atoms with Crippen molar-refractivity contribution in [3.05, 3.63) is 54.1 Å². The fourth-order valence-corrected chi connectivity index (χ4v) is 3.68. The number of thioether (sulfide) groups is 1. The van der Waals surface area contributed by atoms with E-state index in [1.165, 1.54) is 0 Å². The van der Waals surface area contributed by atoms with Gasteiger partial charge in [-0.05, 0) is 30.2 Å². The number of nitrogens with one attached hydrogen (secondary N) is 1. The summed E-state index contributed by atoms with van der Waals surface area (Å²) in [6.07, 6.45) is 4.01. The smallest absolute Gasteiger partial charge is 0.286 e. The lowest BCUT2D eigenvalue weighted by Crippen LogP contribution is -2.25. The van der Waals surface area contributed by atoms with E-state index in [1.807, 2.05) is 41.9 Å². The number of hydrogen-bond donors (Lipinski definition) is 1. The van der Waals surface area contributed by atoms with Crippen molar-refractivity contribution < 1.29 is 14.3 Å². The highest BCUT2D eigenvalue weighted by Gasteiger charge is 2.31. The number of aromatic nitrogens is 3. The predicted octanol–water partition coefficient (Wildman–Crippen LogP) is 2.44. The maximum absolute atomic E-state index is 11.6. The summed E-state index contributed by atoms with van der Waals surface area (Å²) < 4.78 is 7.79. The molecule has 1 atom stereocenters. The molecule has 0 spiro atoms.